The molecule has 4 amide bonds. The number of nitriles is 1. The summed E-state index contributed by atoms with van der Waals surface area (Å²) in [5, 5.41) is 22.3. The summed E-state index contributed by atoms with van der Waals surface area (Å²) >= 11 is 0. The van der Waals surface area contributed by atoms with Crippen molar-refractivity contribution in [1.29, 1.82) is 5.26 Å². The Bertz CT molecular complexity index is 1360. The van der Waals surface area contributed by atoms with E-state index < -0.39 is 30.0 Å². The Hall–Kier alpha value is -4.91. The minimum atomic E-state index is -1.18. The van der Waals surface area contributed by atoms with Crippen LogP contribution in [-0.4, -0.2) is 46.2 Å². The number of amides is 4. The minimum absolute atomic E-state index is 0.0620. The lowest BCUT2D eigenvalue weighted by atomic mass is 9.83. The van der Waals surface area contributed by atoms with Crippen molar-refractivity contribution in [2.24, 2.45) is 5.92 Å². The van der Waals surface area contributed by atoms with E-state index in [1.165, 1.54) is 6.20 Å². The van der Waals surface area contributed by atoms with Gasteiger partial charge in [0.05, 0.1) is 31.7 Å². The van der Waals surface area contributed by atoms with E-state index in [9.17, 15) is 24.8 Å². The van der Waals surface area contributed by atoms with Gasteiger partial charge in [-0.3, -0.25) is 9.69 Å². The number of ether oxygens (including phenoxy) is 1. The fraction of sp³-hybridized carbons (Fsp3) is 0.250. The van der Waals surface area contributed by atoms with E-state index in [1.54, 1.807) is 50.4 Å². The molecule has 0 saturated carbocycles. The zero-order valence-electron chi connectivity index (χ0n) is 20.9. The SMILES string of the molecule is COc1ccc(CN(C(=O)O)c2cc(C[C@H]3C(=O)N(C(=O)N[C@H](C)c4ccccc4)[C@@H]3C#N)ccn2)cc1. The van der Waals surface area contributed by atoms with Gasteiger partial charge in [-0.2, -0.15) is 5.26 Å². The topological polar surface area (TPSA) is 136 Å². The highest BCUT2D eigenvalue weighted by Gasteiger charge is 2.51. The normalized spacial score (nSPS) is 17.1. The lowest BCUT2D eigenvalue weighted by molar-refractivity contribution is -0.146. The summed E-state index contributed by atoms with van der Waals surface area (Å²) in [5.74, 6) is -0.337. The molecule has 0 spiro atoms. The molecule has 0 radical (unpaired) electrons. The Morgan fingerprint density at radius 2 is 1.87 bits per heavy atom. The molecular formula is C28H27N5O5. The third-order valence-corrected chi connectivity index (χ3v) is 6.48. The van der Waals surface area contributed by atoms with E-state index in [1.807, 2.05) is 30.3 Å². The average molecular weight is 514 g/mol. The molecule has 1 saturated heterocycles. The molecule has 1 aliphatic heterocycles. The highest BCUT2D eigenvalue weighted by molar-refractivity contribution is 6.02. The number of imide groups is 1. The zero-order valence-corrected chi connectivity index (χ0v) is 20.9. The number of rotatable bonds is 8. The Kier molecular flexibility index (Phi) is 7.87. The van der Waals surface area contributed by atoms with Crippen molar-refractivity contribution in [3.05, 3.63) is 89.6 Å². The maximum absolute atomic E-state index is 12.9. The van der Waals surface area contributed by atoms with Gasteiger partial charge in [-0.05, 0) is 54.3 Å². The van der Waals surface area contributed by atoms with Gasteiger partial charge < -0.3 is 15.2 Å². The molecule has 4 rings (SSSR count). The first-order valence-corrected chi connectivity index (χ1v) is 12.0. The molecule has 2 N–H and O–H groups in total. The van der Waals surface area contributed by atoms with Gasteiger partial charge in [-0.25, -0.2) is 19.5 Å². The molecule has 1 aromatic heterocycles. The number of benzene rings is 2. The molecule has 0 bridgehead atoms. The van der Waals surface area contributed by atoms with Gasteiger partial charge in [0.1, 0.15) is 17.6 Å². The predicted molar refractivity (Wildman–Crippen MR) is 138 cm³/mol. The van der Waals surface area contributed by atoms with Gasteiger partial charge in [0, 0.05) is 6.20 Å². The van der Waals surface area contributed by atoms with Crippen LogP contribution in [0.15, 0.2) is 72.9 Å². The number of methoxy groups -OCH3 is 1. The van der Waals surface area contributed by atoms with E-state index in [0.717, 1.165) is 20.9 Å². The number of nitrogens with zero attached hydrogens (tertiary/aromatic N) is 4. The zero-order chi connectivity index (χ0) is 27.2. The Morgan fingerprint density at radius 1 is 1.16 bits per heavy atom. The summed E-state index contributed by atoms with van der Waals surface area (Å²) in [6.07, 6.45) is 0.446. The second-order valence-electron chi connectivity index (χ2n) is 8.91. The van der Waals surface area contributed by atoms with E-state index in [2.05, 4.69) is 16.4 Å². The number of hydrogen-bond acceptors (Lipinski definition) is 6. The summed E-state index contributed by atoms with van der Waals surface area (Å²) in [6.45, 7) is 1.86. The lowest BCUT2D eigenvalue weighted by Crippen LogP contribution is -2.65. The predicted octanol–water partition coefficient (Wildman–Crippen LogP) is 4.14. The van der Waals surface area contributed by atoms with Crippen molar-refractivity contribution in [3.8, 4) is 11.8 Å². The van der Waals surface area contributed by atoms with Gasteiger partial charge >= 0.3 is 12.1 Å². The van der Waals surface area contributed by atoms with E-state index >= 15 is 0 Å². The van der Waals surface area contributed by atoms with Crippen LogP contribution in [-0.2, 0) is 17.8 Å². The van der Waals surface area contributed by atoms with Gasteiger partial charge in [0.15, 0.2) is 0 Å². The van der Waals surface area contributed by atoms with Crippen molar-refractivity contribution in [1.82, 2.24) is 15.2 Å². The first-order chi connectivity index (χ1) is 18.3. The number of carbonyl (C=O) groups is 3. The molecule has 0 aliphatic carbocycles. The van der Waals surface area contributed by atoms with Crippen molar-refractivity contribution >= 4 is 23.8 Å². The summed E-state index contributed by atoms with van der Waals surface area (Å²) < 4.78 is 5.14. The van der Waals surface area contributed by atoms with E-state index in [0.29, 0.717) is 11.3 Å². The fourth-order valence-corrected chi connectivity index (χ4v) is 4.35. The lowest BCUT2D eigenvalue weighted by Gasteiger charge is -2.42. The summed E-state index contributed by atoms with van der Waals surface area (Å²) in [6, 6.07) is 19.7. The van der Waals surface area contributed by atoms with Crippen LogP contribution < -0.4 is 15.0 Å². The molecule has 1 fully saturated rings. The van der Waals surface area contributed by atoms with E-state index in [4.69, 9.17) is 4.74 Å². The van der Waals surface area contributed by atoms with Crippen LogP contribution in [0.4, 0.5) is 15.4 Å². The molecular weight excluding hydrogens is 486 g/mol. The van der Waals surface area contributed by atoms with Crippen LogP contribution in [0.25, 0.3) is 0 Å². The van der Waals surface area contributed by atoms with Crippen LogP contribution in [0.1, 0.15) is 29.7 Å². The molecule has 10 heteroatoms. The average Bonchev–Trinajstić information content (AvgIpc) is 2.93. The number of carboxylic acid groups (broad SMARTS) is 1. The number of pyridine rings is 1. The molecule has 38 heavy (non-hydrogen) atoms. The second kappa shape index (κ2) is 11.4. The molecule has 1 aliphatic rings. The molecule has 2 aromatic carbocycles. The van der Waals surface area contributed by atoms with Crippen LogP contribution in [0.5, 0.6) is 5.75 Å². The molecule has 3 aromatic rings. The summed E-state index contributed by atoms with van der Waals surface area (Å²) in [4.78, 5) is 43.9. The van der Waals surface area contributed by atoms with Gasteiger partial charge in [-0.1, -0.05) is 42.5 Å². The Labute approximate surface area is 220 Å². The number of nitrogens with one attached hydrogen (secondary N) is 1. The molecule has 0 unspecified atom stereocenters. The summed E-state index contributed by atoms with van der Waals surface area (Å²) in [7, 11) is 1.55. The molecule has 3 atom stereocenters. The van der Waals surface area contributed by atoms with Gasteiger partial charge in [0.2, 0.25) is 5.91 Å². The van der Waals surface area contributed by atoms with E-state index in [-0.39, 0.29) is 24.8 Å². The van der Waals surface area contributed by atoms with Crippen molar-refractivity contribution in [3.63, 3.8) is 0 Å². The van der Waals surface area contributed by atoms with Crippen molar-refractivity contribution in [2.45, 2.75) is 32.0 Å². The van der Waals surface area contributed by atoms with Gasteiger partial charge in [-0.15, -0.1) is 0 Å². The Balaban J connectivity index is 1.44. The third-order valence-electron chi connectivity index (χ3n) is 6.48. The second-order valence-corrected chi connectivity index (χ2v) is 8.91. The number of likely N-dealkylation sites (tertiary alicyclic amines) is 1. The first-order valence-electron chi connectivity index (χ1n) is 12.0. The number of urea groups is 1. The molecule has 2 heterocycles. The number of anilines is 1. The van der Waals surface area contributed by atoms with Crippen LogP contribution in [0, 0.1) is 17.2 Å². The largest absolute Gasteiger partial charge is 0.497 e. The number of hydrogen-bond donors (Lipinski definition) is 2. The summed E-state index contributed by atoms with van der Waals surface area (Å²) in [5.41, 5.74) is 2.25. The molecule has 10 nitrogen and oxygen atoms in total. The quantitative estimate of drug-likeness (QED) is 0.432. The smallest absolute Gasteiger partial charge is 0.413 e. The first kappa shape index (κ1) is 26.2. The van der Waals surface area contributed by atoms with Crippen molar-refractivity contribution < 1.29 is 24.2 Å². The van der Waals surface area contributed by atoms with Crippen LogP contribution in [0.2, 0.25) is 0 Å². The third kappa shape index (κ3) is 5.57. The Morgan fingerprint density at radius 3 is 2.50 bits per heavy atom. The number of carbonyl (C=O) groups excluding carboxylic acids is 2. The maximum atomic E-state index is 12.9. The fourth-order valence-electron chi connectivity index (χ4n) is 4.35. The van der Waals surface area contributed by atoms with Crippen LogP contribution >= 0.6 is 0 Å². The number of β-lactam (4-membered cyclic amide) rings is 1. The highest BCUT2D eigenvalue weighted by Crippen LogP contribution is 2.31. The van der Waals surface area contributed by atoms with Crippen molar-refractivity contribution in [2.75, 3.05) is 12.0 Å². The van der Waals surface area contributed by atoms with Gasteiger partial charge in [0.25, 0.3) is 0 Å². The monoisotopic (exact) mass is 513 g/mol. The van der Waals surface area contributed by atoms with Crippen LogP contribution in [0.3, 0.4) is 0 Å². The standard InChI is InChI=1S/C28H27N5O5/c1-18(21-6-4-3-5-7-21)31-27(35)33-24(16-29)23(26(33)34)14-20-12-13-30-25(15-20)32(28(36)37)17-19-8-10-22(38-2)11-9-19/h3-13,15,18,23-24H,14,17H2,1-2H3,(H,31,35)(H,36,37)/t18-,23-,24-/m1/s1. The number of aromatic nitrogens is 1. The highest BCUT2D eigenvalue weighted by atomic mass is 16.5. The minimum Gasteiger partial charge on any atom is -0.497 e. The maximum Gasteiger partial charge on any atom is 0.413 e. The molecule has 194 valence electrons.